The molecule has 2 N–H and O–H groups in total. The number of thioether (sulfide) groups is 1. The molecule has 0 aromatic heterocycles. The first-order valence-electron chi connectivity index (χ1n) is 4.32. The summed E-state index contributed by atoms with van der Waals surface area (Å²) in [5, 5.41) is 0. The van der Waals surface area contributed by atoms with E-state index in [4.69, 9.17) is 5.73 Å². The van der Waals surface area contributed by atoms with Gasteiger partial charge in [-0.1, -0.05) is 12.1 Å². The normalized spacial score (nSPS) is 10.0. The van der Waals surface area contributed by atoms with E-state index in [2.05, 4.69) is 20.7 Å². The highest BCUT2D eigenvalue weighted by Gasteiger charge is 2.05. The molecule has 0 atom stereocenters. The van der Waals surface area contributed by atoms with Crippen LogP contribution in [0.15, 0.2) is 22.7 Å². The Balaban J connectivity index is 2.51. The molecule has 1 aromatic carbocycles. The summed E-state index contributed by atoms with van der Waals surface area (Å²) in [6.07, 6.45) is 0. The van der Waals surface area contributed by atoms with Gasteiger partial charge in [0.25, 0.3) is 0 Å². The van der Waals surface area contributed by atoms with Gasteiger partial charge in [0, 0.05) is 15.9 Å². The van der Waals surface area contributed by atoms with Crippen molar-refractivity contribution in [3.05, 3.63) is 28.2 Å². The average Bonchev–Trinajstić information content (AvgIpc) is 2.24. The fourth-order valence-electron chi connectivity index (χ4n) is 1.01. The van der Waals surface area contributed by atoms with Crippen molar-refractivity contribution in [2.75, 3.05) is 18.6 Å². The van der Waals surface area contributed by atoms with E-state index in [1.165, 1.54) is 18.9 Å². The Morgan fingerprint density at radius 2 is 2.33 bits per heavy atom. The fourth-order valence-corrected chi connectivity index (χ4v) is 2.45. The van der Waals surface area contributed by atoms with Crippen molar-refractivity contribution >= 4 is 39.3 Å². The second-order valence-corrected chi connectivity index (χ2v) is 4.67. The molecule has 0 aliphatic heterocycles. The quantitative estimate of drug-likeness (QED) is 0.683. The van der Waals surface area contributed by atoms with Gasteiger partial charge in [-0.25, -0.2) is 0 Å². The van der Waals surface area contributed by atoms with Gasteiger partial charge in [-0.3, -0.25) is 4.79 Å². The number of hydrogen-bond donors (Lipinski definition) is 1. The number of benzene rings is 1. The van der Waals surface area contributed by atoms with Crippen molar-refractivity contribution in [3.63, 3.8) is 0 Å². The van der Waals surface area contributed by atoms with Gasteiger partial charge in [0.1, 0.15) is 0 Å². The first kappa shape index (κ1) is 12.4. The van der Waals surface area contributed by atoms with Crippen LogP contribution in [0.4, 0.5) is 5.69 Å². The van der Waals surface area contributed by atoms with Gasteiger partial charge in [-0.15, -0.1) is 11.8 Å². The van der Waals surface area contributed by atoms with E-state index >= 15 is 0 Å². The number of methoxy groups -OCH3 is 1. The summed E-state index contributed by atoms with van der Waals surface area (Å²) >= 11 is 4.91. The Kier molecular flexibility index (Phi) is 4.98. The van der Waals surface area contributed by atoms with E-state index < -0.39 is 0 Å². The Bertz CT molecular complexity index is 357. The Morgan fingerprint density at radius 1 is 1.60 bits per heavy atom. The number of rotatable bonds is 4. The smallest absolute Gasteiger partial charge is 0.315 e. The SMILES string of the molecule is COC(=O)CSCc1cccc(N)c1Br. The molecule has 1 rings (SSSR count). The number of ether oxygens (including phenoxy) is 1. The van der Waals surface area contributed by atoms with Crippen molar-refractivity contribution in [1.82, 2.24) is 0 Å². The van der Waals surface area contributed by atoms with Gasteiger partial charge in [0.05, 0.1) is 12.9 Å². The fraction of sp³-hybridized carbons (Fsp3) is 0.300. The Labute approximate surface area is 101 Å². The zero-order valence-corrected chi connectivity index (χ0v) is 10.7. The average molecular weight is 290 g/mol. The van der Waals surface area contributed by atoms with E-state index in [1.54, 1.807) is 0 Å². The lowest BCUT2D eigenvalue weighted by molar-refractivity contribution is -0.137. The molecular formula is C10H12BrNO2S. The number of carbonyl (C=O) groups is 1. The monoisotopic (exact) mass is 289 g/mol. The molecule has 1 aromatic rings. The first-order valence-corrected chi connectivity index (χ1v) is 6.27. The Hall–Kier alpha value is -0.680. The molecule has 0 amide bonds. The van der Waals surface area contributed by atoms with Crippen LogP contribution in [-0.2, 0) is 15.3 Å². The molecule has 5 heteroatoms. The van der Waals surface area contributed by atoms with Crippen molar-refractivity contribution in [1.29, 1.82) is 0 Å². The Morgan fingerprint density at radius 3 is 3.00 bits per heavy atom. The summed E-state index contributed by atoms with van der Waals surface area (Å²) in [6, 6.07) is 5.71. The maximum Gasteiger partial charge on any atom is 0.315 e. The van der Waals surface area contributed by atoms with Crippen LogP contribution >= 0.6 is 27.7 Å². The summed E-state index contributed by atoms with van der Waals surface area (Å²) in [5.74, 6) is 0.887. The highest BCUT2D eigenvalue weighted by Crippen LogP contribution is 2.26. The van der Waals surface area contributed by atoms with Gasteiger partial charge in [-0.05, 0) is 27.6 Å². The van der Waals surface area contributed by atoms with Crippen LogP contribution < -0.4 is 5.73 Å². The molecule has 0 aliphatic rings. The predicted molar refractivity (Wildman–Crippen MR) is 66.7 cm³/mol. The number of halogens is 1. The van der Waals surface area contributed by atoms with E-state index in [1.807, 2.05) is 18.2 Å². The van der Waals surface area contributed by atoms with E-state index in [-0.39, 0.29) is 5.97 Å². The maximum absolute atomic E-state index is 10.9. The molecule has 15 heavy (non-hydrogen) atoms. The number of esters is 1. The minimum Gasteiger partial charge on any atom is -0.468 e. The summed E-state index contributed by atoms with van der Waals surface area (Å²) in [6.45, 7) is 0. The third-order valence-electron chi connectivity index (χ3n) is 1.81. The summed E-state index contributed by atoms with van der Waals surface area (Å²) in [5.41, 5.74) is 7.53. The second kappa shape index (κ2) is 6.02. The zero-order valence-electron chi connectivity index (χ0n) is 8.33. The molecule has 0 spiro atoms. The lowest BCUT2D eigenvalue weighted by Crippen LogP contribution is -2.03. The standard InChI is InChI=1S/C10H12BrNO2S/c1-14-9(13)6-15-5-7-3-2-4-8(12)10(7)11/h2-4H,5-6,12H2,1H3. The van der Waals surface area contributed by atoms with Gasteiger partial charge < -0.3 is 10.5 Å². The van der Waals surface area contributed by atoms with E-state index in [9.17, 15) is 4.79 Å². The molecule has 0 fully saturated rings. The second-order valence-electron chi connectivity index (χ2n) is 2.89. The van der Waals surface area contributed by atoms with Crippen LogP contribution in [0.1, 0.15) is 5.56 Å². The molecule has 0 unspecified atom stereocenters. The van der Waals surface area contributed by atoms with Crippen LogP contribution in [0.2, 0.25) is 0 Å². The highest BCUT2D eigenvalue weighted by molar-refractivity contribution is 9.10. The largest absolute Gasteiger partial charge is 0.468 e. The van der Waals surface area contributed by atoms with Gasteiger partial charge in [0.15, 0.2) is 0 Å². The molecule has 0 radical (unpaired) electrons. The molecule has 82 valence electrons. The number of nitrogens with two attached hydrogens (primary N) is 1. The van der Waals surface area contributed by atoms with Gasteiger partial charge >= 0.3 is 5.97 Å². The molecule has 3 nitrogen and oxygen atoms in total. The minimum atomic E-state index is -0.208. The van der Waals surface area contributed by atoms with Crippen LogP contribution in [0.25, 0.3) is 0 Å². The van der Waals surface area contributed by atoms with Crippen LogP contribution in [-0.4, -0.2) is 18.8 Å². The molecule has 0 aliphatic carbocycles. The molecular weight excluding hydrogens is 278 g/mol. The molecule has 0 saturated carbocycles. The van der Waals surface area contributed by atoms with Crippen LogP contribution in [0, 0.1) is 0 Å². The third-order valence-corrected chi connectivity index (χ3v) is 3.74. The van der Waals surface area contributed by atoms with Crippen LogP contribution in [0.5, 0.6) is 0 Å². The van der Waals surface area contributed by atoms with Crippen LogP contribution in [0.3, 0.4) is 0 Å². The lowest BCUT2D eigenvalue weighted by atomic mass is 10.2. The summed E-state index contributed by atoms with van der Waals surface area (Å²) in [7, 11) is 1.39. The summed E-state index contributed by atoms with van der Waals surface area (Å²) < 4.78 is 5.45. The van der Waals surface area contributed by atoms with Crippen molar-refractivity contribution < 1.29 is 9.53 Å². The third kappa shape index (κ3) is 3.76. The maximum atomic E-state index is 10.9. The minimum absolute atomic E-state index is 0.208. The molecule has 0 bridgehead atoms. The number of nitrogen functional groups attached to an aromatic ring is 1. The van der Waals surface area contributed by atoms with E-state index in [0.29, 0.717) is 11.4 Å². The van der Waals surface area contributed by atoms with Crippen molar-refractivity contribution in [2.24, 2.45) is 0 Å². The number of carbonyl (C=O) groups excluding carboxylic acids is 1. The first-order chi connectivity index (χ1) is 7.15. The molecule has 0 saturated heterocycles. The van der Waals surface area contributed by atoms with Crippen molar-refractivity contribution in [3.8, 4) is 0 Å². The molecule has 0 heterocycles. The van der Waals surface area contributed by atoms with Crippen molar-refractivity contribution in [2.45, 2.75) is 5.75 Å². The van der Waals surface area contributed by atoms with Gasteiger partial charge in [-0.2, -0.15) is 0 Å². The summed E-state index contributed by atoms with van der Waals surface area (Å²) in [4.78, 5) is 10.9. The number of hydrogen-bond acceptors (Lipinski definition) is 4. The van der Waals surface area contributed by atoms with Gasteiger partial charge in [0.2, 0.25) is 0 Å². The zero-order chi connectivity index (χ0) is 11.3. The van der Waals surface area contributed by atoms with E-state index in [0.717, 1.165) is 15.8 Å². The topological polar surface area (TPSA) is 52.3 Å². The number of anilines is 1. The highest BCUT2D eigenvalue weighted by atomic mass is 79.9. The lowest BCUT2D eigenvalue weighted by Gasteiger charge is -2.05. The predicted octanol–water partition coefficient (Wildman–Crippen LogP) is 2.44.